The Balaban J connectivity index is 2.32. The molecule has 0 fully saturated rings. The fourth-order valence-corrected chi connectivity index (χ4v) is 2.14. The minimum absolute atomic E-state index is 0.0260. The highest BCUT2D eigenvalue weighted by molar-refractivity contribution is 5.43. The lowest BCUT2D eigenvalue weighted by atomic mass is 9.82. The molecule has 0 radical (unpaired) electrons. The summed E-state index contributed by atoms with van der Waals surface area (Å²) in [6.45, 7) is 6.54. The Morgan fingerprint density at radius 1 is 1.35 bits per heavy atom. The Kier molecular flexibility index (Phi) is 3.04. The molecule has 3 heteroatoms. The number of hydrogen-bond acceptors (Lipinski definition) is 3. The fourth-order valence-electron chi connectivity index (χ4n) is 2.14. The second kappa shape index (κ2) is 4.22. The highest BCUT2D eigenvalue weighted by Crippen LogP contribution is 2.40. The Morgan fingerprint density at radius 2 is 2.06 bits per heavy atom. The average Bonchev–Trinajstić information content (AvgIpc) is 2.27. The first-order chi connectivity index (χ1) is 7.91. The van der Waals surface area contributed by atoms with Crippen molar-refractivity contribution in [3.05, 3.63) is 23.8 Å². The average molecular weight is 235 g/mol. The van der Waals surface area contributed by atoms with Crippen LogP contribution in [0.15, 0.2) is 18.2 Å². The van der Waals surface area contributed by atoms with E-state index in [4.69, 9.17) is 15.2 Å². The standard InChI is InChI=1S/C14H21NO2/c1-14(2,3)13-8-11(15)10-7-9(16-4)5-6-12(10)17-13/h5-7,11,13H,8,15H2,1-4H3. The third-order valence-corrected chi connectivity index (χ3v) is 3.32. The van der Waals surface area contributed by atoms with Crippen LogP contribution in [0.2, 0.25) is 0 Å². The number of methoxy groups -OCH3 is 1. The maximum atomic E-state index is 6.22. The van der Waals surface area contributed by atoms with Gasteiger partial charge in [0.25, 0.3) is 0 Å². The van der Waals surface area contributed by atoms with E-state index in [1.54, 1.807) is 7.11 Å². The minimum atomic E-state index is 0.0260. The molecule has 0 aromatic heterocycles. The Bertz CT molecular complexity index is 409. The molecule has 2 N–H and O–H groups in total. The summed E-state index contributed by atoms with van der Waals surface area (Å²) in [5.41, 5.74) is 7.37. The molecule has 3 nitrogen and oxygen atoms in total. The Hall–Kier alpha value is -1.22. The number of fused-ring (bicyclic) bond motifs is 1. The van der Waals surface area contributed by atoms with Crippen molar-refractivity contribution >= 4 is 0 Å². The number of nitrogens with two attached hydrogens (primary N) is 1. The van der Waals surface area contributed by atoms with Gasteiger partial charge in [0.1, 0.15) is 17.6 Å². The van der Waals surface area contributed by atoms with E-state index < -0.39 is 0 Å². The molecule has 0 saturated heterocycles. The van der Waals surface area contributed by atoms with Crippen LogP contribution in [0.1, 0.15) is 38.8 Å². The molecule has 1 heterocycles. The predicted molar refractivity (Wildman–Crippen MR) is 68.4 cm³/mol. The van der Waals surface area contributed by atoms with Crippen molar-refractivity contribution in [3.63, 3.8) is 0 Å². The third-order valence-electron chi connectivity index (χ3n) is 3.32. The summed E-state index contributed by atoms with van der Waals surface area (Å²) >= 11 is 0. The van der Waals surface area contributed by atoms with E-state index in [0.717, 1.165) is 23.5 Å². The van der Waals surface area contributed by atoms with Crippen molar-refractivity contribution < 1.29 is 9.47 Å². The van der Waals surface area contributed by atoms with E-state index in [1.807, 2.05) is 18.2 Å². The summed E-state index contributed by atoms with van der Waals surface area (Å²) in [6.07, 6.45) is 1.02. The zero-order valence-electron chi connectivity index (χ0n) is 11.0. The molecular weight excluding hydrogens is 214 g/mol. The molecule has 2 unspecified atom stereocenters. The molecule has 1 aliphatic rings. The first-order valence-corrected chi connectivity index (χ1v) is 6.02. The van der Waals surface area contributed by atoms with Crippen LogP contribution in [0.5, 0.6) is 11.5 Å². The fraction of sp³-hybridized carbons (Fsp3) is 0.571. The van der Waals surface area contributed by atoms with Crippen LogP contribution in [0.25, 0.3) is 0 Å². The monoisotopic (exact) mass is 235 g/mol. The maximum absolute atomic E-state index is 6.22. The van der Waals surface area contributed by atoms with Gasteiger partial charge in [-0.25, -0.2) is 0 Å². The van der Waals surface area contributed by atoms with E-state index in [-0.39, 0.29) is 17.6 Å². The molecule has 2 rings (SSSR count). The van der Waals surface area contributed by atoms with Gasteiger partial charge >= 0.3 is 0 Å². The molecule has 0 bridgehead atoms. The maximum Gasteiger partial charge on any atom is 0.124 e. The molecule has 1 aromatic rings. The summed E-state index contributed by atoms with van der Waals surface area (Å²) in [5.74, 6) is 1.72. The van der Waals surface area contributed by atoms with Crippen molar-refractivity contribution in [2.24, 2.45) is 11.1 Å². The van der Waals surface area contributed by atoms with Gasteiger partial charge in [0.15, 0.2) is 0 Å². The second-order valence-electron chi connectivity index (χ2n) is 5.72. The largest absolute Gasteiger partial charge is 0.497 e. The number of rotatable bonds is 1. The minimum Gasteiger partial charge on any atom is -0.497 e. The molecule has 1 aromatic carbocycles. The van der Waals surface area contributed by atoms with Crippen LogP contribution < -0.4 is 15.2 Å². The van der Waals surface area contributed by atoms with Crippen LogP contribution in [0.3, 0.4) is 0 Å². The lowest BCUT2D eigenvalue weighted by Crippen LogP contribution is -2.38. The predicted octanol–water partition coefficient (Wildman–Crippen LogP) is 2.89. The molecule has 1 aliphatic heterocycles. The Morgan fingerprint density at radius 3 is 2.65 bits per heavy atom. The number of benzene rings is 1. The van der Waals surface area contributed by atoms with Gasteiger partial charge in [-0.1, -0.05) is 20.8 Å². The summed E-state index contributed by atoms with van der Waals surface area (Å²) in [4.78, 5) is 0. The van der Waals surface area contributed by atoms with E-state index >= 15 is 0 Å². The van der Waals surface area contributed by atoms with Crippen LogP contribution >= 0.6 is 0 Å². The van der Waals surface area contributed by atoms with Crippen molar-refractivity contribution in [1.29, 1.82) is 0 Å². The van der Waals surface area contributed by atoms with Gasteiger partial charge in [-0.3, -0.25) is 0 Å². The normalized spacial score (nSPS) is 23.8. The van der Waals surface area contributed by atoms with Crippen LogP contribution in [0, 0.1) is 5.41 Å². The summed E-state index contributed by atoms with van der Waals surface area (Å²) in [7, 11) is 1.66. The van der Waals surface area contributed by atoms with E-state index in [2.05, 4.69) is 20.8 Å². The first-order valence-electron chi connectivity index (χ1n) is 6.02. The molecule has 0 spiro atoms. The van der Waals surface area contributed by atoms with Crippen molar-refractivity contribution in [2.75, 3.05) is 7.11 Å². The summed E-state index contributed by atoms with van der Waals surface area (Å²) in [6, 6.07) is 5.86. The Labute approximate surface area is 103 Å². The highest BCUT2D eigenvalue weighted by Gasteiger charge is 2.34. The van der Waals surface area contributed by atoms with Crippen LogP contribution in [0.4, 0.5) is 0 Å². The lowest BCUT2D eigenvalue weighted by molar-refractivity contribution is 0.0580. The van der Waals surface area contributed by atoms with Crippen LogP contribution in [-0.2, 0) is 0 Å². The smallest absolute Gasteiger partial charge is 0.124 e. The molecule has 17 heavy (non-hydrogen) atoms. The second-order valence-corrected chi connectivity index (χ2v) is 5.72. The quantitative estimate of drug-likeness (QED) is 0.814. The van der Waals surface area contributed by atoms with Crippen LogP contribution in [-0.4, -0.2) is 13.2 Å². The molecule has 94 valence electrons. The van der Waals surface area contributed by atoms with Gasteiger partial charge in [-0.2, -0.15) is 0 Å². The molecule has 0 amide bonds. The van der Waals surface area contributed by atoms with E-state index in [0.29, 0.717) is 0 Å². The first kappa shape index (κ1) is 12.2. The zero-order valence-corrected chi connectivity index (χ0v) is 11.0. The zero-order chi connectivity index (χ0) is 12.6. The molecule has 0 aliphatic carbocycles. The number of ether oxygens (including phenoxy) is 2. The molecular formula is C14H21NO2. The van der Waals surface area contributed by atoms with Gasteiger partial charge in [-0.05, 0) is 23.6 Å². The van der Waals surface area contributed by atoms with Gasteiger partial charge in [-0.15, -0.1) is 0 Å². The van der Waals surface area contributed by atoms with Crippen molar-refractivity contribution in [3.8, 4) is 11.5 Å². The SMILES string of the molecule is COc1ccc2c(c1)C(N)CC(C(C)(C)C)O2. The molecule has 2 atom stereocenters. The van der Waals surface area contributed by atoms with Crippen molar-refractivity contribution in [1.82, 2.24) is 0 Å². The van der Waals surface area contributed by atoms with Gasteiger partial charge in [0.2, 0.25) is 0 Å². The van der Waals surface area contributed by atoms with Crippen molar-refractivity contribution in [2.45, 2.75) is 39.3 Å². The van der Waals surface area contributed by atoms with Gasteiger partial charge < -0.3 is 15.2 Å². The van der Waals surface area contributed by atoms with E-state index in [9.17, 15) is 0 Å². The van der Waals surface area contributed by atoms with Gasteiger partial charge in [0, 0.05) is 18.0 Å². The lowest BCUT2D eigenvalue weighted by Gasteiger charge is -2.38. The molecule has 0 saturated carbocycles. The third kappa shape index (κ3) is 2.39. The summed E-state index contributed by atoms with van der Waals surface area (Å²) in [5, 5.41) is 0. The topological polar surface area (TPSA) is 44.5 Å². The van der Waals surface area contributed by atoms with E-state index in [1.165, 1.54) is 0 Å². The highest BCUT2D eigenvalue weighted by atomic mass is 16.5. The summed E-state index contributed by atoms with van der Waals surface area (Å²) < 4.78 is 11.2. The number of hydrogen-bond donors (Lipinski definition) is 1. The van der Waals surface area contributed by atoms with Gasteiger partial charge in [0.05, 0.1) is 7.11 Å².